The van der Waals surface area contributed by atoms with Crippen LogP contribution in [-0.4, -0.2) is 50.7 Å². The van der Waals surface area contributed by atoms with Crippen LogP contribution in [0.3, 0.4) is 0 Å². The van der Waals surface area contributed by atoms with Crippen molar-refractivity contribution >= 4 is 23.2 Å². The van der Waals surface area contributed by atoms with Crippen molar-refractivity contribution in [3.05, 3.63) is 53.1 Å². The summed E-state index contributed by atoms with van der Waals surface area (Å²) < 4.78 is 10.9. The third kappa shape index (κ3) is 4.44. The van der Waals surface area contributed by atoms with E-state index in [4.69, 9.17) is 26.3 Å². The second-order valence-electron chi connectivity index (χ2n) is 6.09. The molecule has 3 rings (SSSR count). The number of rotatable bonds is 5. The highest BCUT2D eigenvalue weighted by Crippen LogP contribution is 2.28. The number of nitrogens with zero attached hydrogens (tertiary/aromatic N) is 3. The minimum atomic E-state index is -0.0879. The zero-order valence-corrected chi connectivity index (χ0v) is 15.8. The molecule has 2 aromatic carbocycles. The van der Waals surface area contributed by atoms with Crippen molar-refractivity contribution in [2.24, 2.45) is 0 Å². The highest BCUT2D eigenvalue weighted by Gasteiger charge is 2.23. The Morgan fingerprint density at radius 1 is 1.15 bits per heavy atom. The van der Waals surface area contributed by atoms with Crippen LogP contribution >= 0.6 is 11.6 Å². The third-order valence-electron chi connectivity index (χ3n) is 4.47. The van der Waals surface area contributed by atoms with Crippen molar-refractivity contribution in [2.75, 3.05) is 44.8 Å². The SMILES string of the molecule is COc1ccccc1N1CCN(C(=O)COc2ccc(C#N)cc2Cl)CC1. The van der Waals surface area contributed by atoms with Gasteiger partial charge in [0.1, 0.15) is 11.5 Å². The van der Waals surface area contributed by atoms with Crippen LogP contribution in [0.25, 0.3) is 0 Å². The van der Waals surface area contributed by atoms with E-state index in [2.05, 4.69) is 4.90 Å². The molecule has 1 amide bonds. The van der Waals surface area contributed by atoms with E-state index in [1.54, 1.807) is 24.1 Å². The molecule has 0 bridgehead atoms. The molecule has 0 radical (unpaired) electrons. The van der Waals surface area contributed by atoms with Crippen LogP contribution in [-0.2, 0) is 4.79 Å². The van der Waals surface area contributed by atoms with Crippen LogP contribution in [0, 0.1) is 11.3 Å². The van der Waals surface area contributed by atoms with Gasteiger partial charge in [0.25, 0.3) is 5.91 Å². The molecule has 7 heteroatoms. The summed E-state index contributed by atoms with van der Waals surface area (Å²) in [5.74, 6) is 1.14. The number of methoxy groups -OCH3 is 1. The van der Waals surface area contributed by atoms with E-state index >= 15 is 0 Å². The van der Waals surface area contributed by atoms with Crippen LogP contribution in [0.4, 0.5) is 5.69 Å². The summed E-state index contributed by atoms with van der Waals surface area (Å²) in [6.07, 6.45) is 0. The van der Waals surface area contributed by atoms with E-state index in [9.17, 15) is 4.79 Å². The molecule has 6 nitrogen and oxygen atoms in total. The summed E-state index contributed by atoms with van der Waals surface area (Å²) in [4.78, 5) is 16.4. The van der Waals surface area contributed by atoms with E-state index < -0.39 is 0 Å². The maximum Gasteiger partial charge on any atom is 0.260 e. The van der Waals surface area contributed by atoms with Crippen molar-refractivity contribution in [2.45, 2.75) is 0 Å². The molecule has 2 aromatic rings. The number of nitriles is 1. The van der Waals surface area contributed by atoms with Gasteiger partial charge in [0.2, 0.25) is 0 Å². The first kappa shape index (κ1) is 18.9. The van der Waals surface area contributed by atoms with Gasteiger partial charge in [-0.15, -0.1) is 0 Å². The van der Waals surface area contributed by atoms with E-state index in [1.165, 1.54) is 6.07 Å². The predicted octanol–water partition coefficient (Wildman–Crippen LogP) is 2.95. The first-order chi connectivity index (χ1) is 13.1. The topological polar surface area (TPSA) is 65.8 Å². The zero-order valence-electron chi connectivity index (χ0n) is 15.0. The van der Waals surface area contributed by atoms with Crippen molar-refractivity contribution in [1.29, 1.82) is 5.26 Å². The van der Waals surface area contributed by atoms with E-state index in [0.29, 0.717) is 29.4 Å². The number of hydrogen-bond acceptors (Lipinski definition) is 5. The van der Waals surface area contributed by atoms with Crippen LogP contribution in [0.2, 0.25) is 5.02 Å². The lowest BCUT2D eigenvalue weighted by atomic mass is 10.2. The number of halogens is 1. The van der Waals surface area contributed by atoms with E-state index in [0.717, 1.165) is 24.5 Å². The summed E-state index contributed by atoms with van der Waals surface area (Å²) in [5.41, 5.74) is 1.49. The van der Waals surface area contributed by atoms with Gasteiger partial charge in [-0.3, -0.25) is 4.79 Å². The molecule has 0 N–H and O–H groups in total. The Hall–Kier alpha value is -2.91. The lowest BCUT2D eigenvalue weighted by Gasteiger charge is -2.36. The Balaban J connectivity index is 1.54. The van der Waals surface area contributed by atoms with Gasteiger partial charge in [-0.2, -0.15) is 5.26 Å². The molecular formula is C20H20ClN3O3. The second-order valence-corrected chi connectivity index (χ2v) is 6.49. The number of carbonyl (C=O) groups excluding carboxylic acids is 1. The third-order valence-corrected chi connectivity index (χ3v) is 4.77. The molecular weight excluding hydrogens is 366 g/mol. The first-order valence-electron chi connectivity index (χ1n) is 8.60. The summed E-state index contributed by atoms with van der Waals surface area (Å²) in [5, 5.41) is 9.18. The van der Waals surface area contributed by atoms with Crippen LogP contribution < -0.4 is 14.4 Å². The van der Waals surface area contributed by atoms with Gasteiger partial charge in [-0.1, -0.05) is 23.7 Å². The van der Waals surface area contributed by atoms with Gasteiger partial charge in [0.15, 0.2) is 6.61 Å². The summed E-state index contributed by atoms with van der Waals surface area (Å²) in [7, 11) is 1.66. The lowest BCUT2D eigenvalue weighted by Crippen LogP contribution is -2.50. The molecule has 1 saturated heterocycles. The molecule has 1 heterocycles. The average molecular weight is 386 g/mol. The zero-order chi connectivity index (χ0) is 19.2. The monoisotopic (exact) mass is 385 g/mol. The number of anilines is 1. The molecule has 0 atom stereocenters. The second kappa shape index (κ2) is 8.65. The molecule has 140 valence electrons. The standard InChI is InChI=1S/C20H20ClN3O3/c1-26-19-5-3-2-4-17(19)23-8-10-24(11-9-23)20(25)14-27-18-7-6-15(13-22)12-16(18)21/h2-7,12H,8-11,14H2,1H3. The quantitative estimate of drug-likeness (QED) is 0.791. The number of hydrogen-bond donors (Lipinski definition) is 0. The Bertz CT molecular complexity index is 858. The average Bonchev–Trinajstić information content (AvgIpc) is 2.72. The molecule has 0 saturated carbocycles. The highest BCUT2D eigenvalue weighted by atomic mass is 35.5. The number of para-hydroxylation sites is 2. The molecule has 1 fully saturated rings. The smallest absolute Gasteiger partial charge is 0.260 e. The molecule has 0 aliphatic carbocycles. The molecule has 1 aliphatic rings. The highest BCUT2D eigenvalue weighted by molar-refractivity contribution is 6.32. The van der Waals surface area contributed by atoms with Gasteiger partial charge in [0.05, 0.1) is 29.5 Å². The molecule has 0 spiro atoms. The molecule has 1 aliphatic heterocycles. The Labute approximate surface area is 163 Å². The van der Waals surface area contributed by atoms with Gasteiger partial charge in [-0.25, -0.2) is 0 Å². The van der Waals surface area contributed by atoms with Crippen molar-refractivity contribution < 1.29 is 14.3 Å². The number of ether oxygens (including phenoxy) is 2. The van der Waals surface area contributed by atoms with Gasteiger partial charge in [-0.05, 0) is 30.3 Å². The number of carbonyl (C=O) groups is 1. The summed E-state index contributed by atoms with van der Waals surface area (Å²) >= 11 is 6.07. The normalized spacial score (nSPS) is 13.8. The Kier molecular flexibility index (Phi) is 6.05. The van der Waals surface area contributed by atoms with Crippen LogP contribution in [0.15, 0.2) is 42.5 Å². The largest absolute Gasteiger partial charge is 0.495 e. The van der Waals surface area contributed by atoms with Crippen molar-refractivity contribution in [1.82, 2.24) is 4.90 Å². The first-order valence-corrected chi connectivity index (χ1v) is 8.98. The van der Waals surface area contributed by atoms with Gasteiger partial charge >= 0.3 is 0 Å². The predicted molar refractivity (Wildman–Crippen MR) is 103 cm³/mol. The maximum atomic E-state index is 12.4. The number of benzene rings is 2. The Morgan fingerprint density at radius 2 is 1.89 bits per heavy atom. The van der Waals surface area contributed by atoms with Crippen molar-refractivity contribution in [3.8, 4) is 17.6 Å². The summed E-state index contributed by atoms with van der Waals surface area (Å²) in [6.45, 7) is 2.59. The van der Waals surface area contributed by atoms with E-state index in [1.807, 2.05) is 30.3 Å². The van der Waals surface area contributed by atoms with Crippen molar-refractivity contribution in [3.63, 3.8) is 0 Å². The molecule has 27 heavy (non-hydrogen) atoms. The van der Waals surface area contributed by atoms with E-state index in [-0.39, 0.29) is 12.5 Å². The lowest BCUT2D eigenvalue weighted by molar-refractivity contribution is -0.133. The fourth-order valence-electron chi connectivity index (χ4n) is 3.01. The minimum absolute atomic E-state index is 0.0831. The Morgan fingerprint density at radius 3 is 2.56 bits per heavy atom. The molecule has 0 unspecified atom stereocenters. The fourth-order valence-corrected chi connectivity index (χ4v) is 3.24. The number of amides is 1. The van der Waals surface area contributed by atoms with Gasteiger partial charge < -0.3 is 19.3 Å². The minimum Gasteiger partial charge on any atom is -0.495 e. The van der Waals surface area contributed by atoms with Crippen LogP contribution in [0.5, 0.6) is 11.5 Å². The molecule has 0 aromatic heterocycles. The van der Waals surface area contributed by atoms with Crippen LogP contribution in [0.1, 0.15) is 5.56 Å². The fraction of sp³-hybridized carbons (Fsp3) is 0.300. The summed E-state index contributed by atoms with van der Waals surface area (Å²) in [6, 6.07) is 14.6. The maximum absolute atomic E-state index is 12.4. The van der Waals surface area contributed by atoms with Gasteiger partial charge in [0, 0.05) is 26.2 Å². The number of piperazine rings is 1.